The Morgan fingerprint density at radius 1 is 1.21 bits per heavy atom. The fraction of sp³-hybridized carbons (Fsp3) is 0.450. The number of rotatable bonds is 7. The van der Waals surface area contributed by atoms with Crippen molar-refractivity contribution in [3.05, 3.63) is 65.7 Å². The maximum absolute atomic E-state index is 13.6. The first-order valence-electron chi connectivity index (χ1n) is 8.78. The Balaban J connectivity index is 1.41. The van der Waals surface area contributed by atoms with Crippen LogP contribution in [0.4, 0.5) is 4.39 Å². The van der Waals surface area contributed by atoms with Gasteiger partial charge >= 0.3 is 0 Å². The minimum atomic E-state index is -0.181. The third kappa shape index (κ3) is 4.62. The van der Waals surface area contributed by atoms with Gasteiger partial charge in [0.2, 0.25) is 0 Å². The molecule has 0 radical (unpaired) electrons. The second-order valence-corrected chi connectivity index (χ2v) is 6.68. The SMILES string of the molecule is CN(Cc1ccccc1)C1CCN(CCCc2ncccc2F)C1. The number of hydrogen-bond donors (Lipinski definition) is 0. The van der Waals surface area contributed by atoms with Gasteiger partial charge in [0.05, 0.1) is 5.69 Å². The normalized spacial score (nSPS) is 18.4. The molecule has 128 valence electrons. The minimum Gasteiger partial charge on any atom is -0.302 e. The van der Waals surface area contributed by atoms with E-state index in [9.17, 15) is 4.39 Å². The van der Waals surface area contributed by atoms with Crippen molar-refractivity contribution in [3.63, 3.8) is 0 Å². The van der Waals surface area contributed by atoms with E-state index in [0.29, 0.717) is 18.2 Å². The Bertz CT molecular complexity index is 632. The van der Waals surface area contributed by atoms with Crippen LogP contribution < -0.4 is 0 Å². The summed E-state index contributed by atoms with van der Waals surface area (Å²) in [6.45, 7) is 4.26. The number of pyridine rings is 1. The van der Waals surface area contributed by atoms with Crippen molar-refractivity contribution in [2.75, 3.05) is 26.7 Å². The van der Waals surface area contributed by atoms with Gasteiger partial charge in [-0.25, -0.2) is 4.39 Å². The third-order valence-corrected chi connectivity index (χ3v) is 4.87. The molecule has 0 amide bonds. The van der Waals surface area contributed by atoms with Crippen LogP contribution in [0.3, 0.4) is 0 Å². The molecule has 24 heavy (non-hydrogen) atoms. The molecular formula is C20H26FN3. The number of nitrogens with zero attached hydrogens (tertiary/aromatic N) is 3. The second kappa shape index (κ2) is 8.36. The average molecular weight is 327 g/mol. The van der Waals surface area contributed by atoms with Crippen LogP contribution in [0.25, 0.3) is 0 Å². The monoisotopic (exact) mass is 327 g/mol. The summed E-state index contributed by atoms with van der Waals surface area (Å²) in [5, 5.41) is 0. The standard InChI is InChI=1S/C20H26FN3/c1-23(15-17-7-3-2-4-8-17)18-11-14-24(16-18)13-6-10-20-19(21)9-5-12-22-20/h2-5,7-9,12,18H,6,10-11,13-16H2,1H3. The molecule has 1 saturated heterocycles. The summed E-state index contributed by atoms with van der Waals surface area (Å²) in [5.41, 5.74) is 1.96. The lowest BCUT2D eigenvalue weighted by atomic mass is 10.1. The van der Waals surface area contributed by atoms with E-state index < -0.39 is 0 Å². The highest BCUT2D eigenvalue weighted by Crippen LogP contribution is 2.17. The van der Waals surface area contributed by atoms with Gasteiger partial charge in [0.15, 0.2) is 0 Å². The molecule has 0 saturated carbocycles. The predicted molar refractivity (Wildman–Crippen MR) is 95.3 cm³/mol. The van der Waals surface area contributed by atoms with Crippen LogP contribution in [0.1, 0.15) is 24.1 Å². The van der Waals surface area contributed by atoms with Gasteiger partial charge in [-0.15, -0.1) is 0 Å². The van der Waals surface area contributed by atoms with Crippen LogP contribution in [0.5, 0.6) is 0 Å². The lowest BCUT2D eigenvalue weighted by Gasteiger charge is -2.25. The van der Waals surface area contributed by atoms with Gasteiger partial charge in [0.1, 0.15) is 5.82 Å². The van der Waals surface area contributed by atoms with E-state index in [-0.39, 0.29) is 5.82 Å². The molecule has 2 aromatic rings. The van der Waals surface area contributed by atoms with Gasteiger partial charge in [-0.1, -0.05) is 30.3 Å². The van der Waals surface area contributed by atoms with E-state index in [1.54, 1.807) is 12.3 Å². The first kappa shape index (κ1) is 17.1. The van der Waals surface area contributed by atoms with Crippen molar-refractivity contribution < 1.29 is 4.39 Å². The number of hydrogen-bond acceptors (Lipinski definition) is 3. The second-order valence-electron chi connectivity index (χ2n) is 6.68. The molecule has 1 aromatic carbocycles. The molecule has 1 fully saturated rings. The Morgan fingerprint density at radius 2 is 2.04 bits per heavy atom. The molecule has 1 aliphatic heterocycles. The zero-order valence-electron chi connectivity index (χ0n) is 14.4. The lowest BCUT2D eigenvalue weighted by molar-refractivity contribution is 0.224. The molecule has 2 heterocycles. The first-order valence-corrected chi connectivity index (χ1v) is 8.78. The van der Waals surface area contributed by atoms with Gasteiger partial charge in [0.25, 0.3) is 0 Å². The van der Waals surface area contributed by atoms with E-state index in [0.717, 1.165) is 32.6 Å². The largest absolute Gasteiger partial charge is 0.302 e. The summed E-state index contributed by atoms with van der Waals surface area (Å²) >= 11 is 0. The maximum atomic E-state index is 13.6. The molecule has 3 rings (SSSR count). The third-order valence-electron chi connectivity index (χ3n) is 4.87. The molecular weight excluding hydrogens is 301 g/mol. The zero-order valence-corrected chi connectivity index (χ0v) is 14.4. The highest BCUT2D eigenvalue weighted by molar-refractivity contribution is 5.14. The van der Waals surface area contributed by atoms with Crippen LogP contribution in [0, 0.1) is 5.82 Å². The Labute approximate surface area is 144 Å². The van der Waals surface area contributed by atoms with Gasteiger partial charge in [-0.05, 0) is 57.1 Å². The molecule has 0 bridgehead atoms. The molecule has 1 aliphatic rings. The quantitative estimate of drug-likeness (QED) is 0.777. The summed E-state index contributed by atoms with van der Waals surface area (Å²) < 4.78 is 13.6. The van der Waals surface area contributed by atoms with Crippen molar-refractivity contribution in [2.24, 2.45) is 0 Å². The lowest BCUT2D eigenvalue weighted by Crippen LogP contribution is -2.34. The van der Waals surface area contributed by atoms with E-state index in [2.05, 4.69) is 52.2 Å². The number of aryl methyl sites for hydroxylation is 1. The van der Waals surface area contributed by atoms with E-state index in [1.807, 2.05) is 0 Å². The van der Waals surface area contributed by atoms with Gasteiger partial charge < -0.3 is 4.90 Å². The topological polar surface area (TPSA) is 19.4 Å². The first-order chi connectivity index (χ1) is 11.7. The van der Waals surface area contributed by atoms with Crippen LogP contribution >= 0.6 is 0 Å². The van der Waals surface area contributed by atoms with E-state index in [1.165, 1.54) is 18.1 Å². The predicted octanol–water partition coefficient (Wildman–Crippen LogP) is 3.36. The molecule has 0 aliphatic carbocycles. The minimum absolute atomic E-state index is 0.181. The molecule has 1 atom stereocenters. The highest BCUT2D eigenvalue weighted by Gasteiger charge is 2.25. The number of likely N-dealkylation sites (N-methyl/N-ethyl adjacent to an activating group) is 1. The fourth-order valence-corrected chi connectivity index (χ4v) is 3.45. The maximum Gasteiger partial charge on any atom is 0.144 e. The van der Waals surface area contributed by atoms with Crippen molar-refractivity contribution in [1.29, 1.82) is 0 Å². The fourth-order valence-electron chi connectivity index (χ4n) is 3.45. The average Bonchev–Trinajstić information content (AvgIpc) is 3.07. The molecule has 4 heteroatoms. The van der Waals surface area contributed by atoms with Crippen LogP contribution in [0.2, 0.25) is 0 Å². The molecule has 1 aromatic heterocycles. The van der Waals surface area contributed by atoms with Crippen molar-refractivity contribution in [1.82, 2.24) is 14.8 Å². The molecule has 3 nitrogen and oxygen atoms in total. The van der Waals surface area contributed by atoms with Crippen molar-refractivity contribution in [3.8, 4) is 0 Å². The summed E-state index contributed by atoms with van der Waals surface area (Å²) in [5.74, 6) is -0.181. The Hall–Kier alpha value is -1.78. The van der Waals surface area contributed by atoms with Crippen molar-refractivity contribution in [2.45, 2.75) is 31.8 Å². The molecule has 0 spiro atoms. The summed E-state index contributed by atoms with van der Waals surface area (Å²) in [6.07, 6.45) is 4.56. The summed E-state index contributed by atoms with van der Waals surface area (Å²) in [7, 11) is 2.21. The van der Waals surface area contributed by atoms with E-state index in [4.69, 9.17) is 0 Å². The van der Waals surface area contributed by atoms with Gasteiger partial charge in [-0.2, -0.15) is 0 Å². The molecule has 1 unspecified atom stereocenters. The Kier molecular flexibility index (Phi) is 5.94. The van der Waals surface area contributed by atoms with Crippen LogP contribution in [-0.4, -0.2) is 47.5 Å². The smallest absolute Gasteiger partial charge is 0.144 e. The van der Waals surface area contributed by atoms with Gasteiger partial charge in [-0.3, -0.25) is 9.88 Å². The highest BCUT2D eigenvalue weighted by atomic mass is 19.1. The number of benzene rings is 1. The number of likely N-dealkylation sites (tertiary alicyclic amines) is 1. The van der Waals surface area contributed by atoms with Crippen LogP contribution in [-0.2, 0) is 13.0 Å². The van der Waals surface area contributed by atoms with Crippen LogP contribution in [0.15, 0.2) is 48.7 Å². The molecule has 0 N–H and O–H groups in total. The number of aromatic nitrogens is 1. The number of halogens is 1. The van der Waals surface area contributed by atoms with E-state index >= 15 is 0 Å². The Morgan fingerprint density at radius 3 is 2.83 bits per heavy atom. The van der Waals surface area contributed by atoms with Crippen molar-refractivity contribution >= 4 is 0 Å². The summed E-state index contributed by atoms with van der Waals surface area (Å²) in [4.78, 5) is 9.08. The van der Waals surface area contributed by atoms with Gasteiger partial charge in [0, 0.05) is 25.3 Å². The summed E-state index contributed by atoms with van der Waals surface area (Å²) in [6, 6.07) is 14.4. The zero-order chi connectivity index (χ0) is 16.8.